The van der Waals surface area contributed by atoms with Crippen LogP contribution in [0.1, 0.15) is 60.3 Å². The normalized spacial score (nSPS) is 16.0. The fraction of sp³-hybridized carbons (Fsp3) is 0.611. The first-order valence-corrected chi connectivity index (χ1v) is 9.50. The largest absolute Gasteiger partial charge is 0.469 e. The third kappa shape index (κ3) is 4.81. The van der Waals surface area contributed by atoms with Gasteiger partial charge < -0.3 is 14.8 Å². The molecule has 0 fully saturated rings. The molecule has 1 amide bonds. The minimum absolute atomic E-state index is 0.0140. The Labute approximate surface area is 151 Å². The predicted octanol–water partition coefficient (Wildman–Crippen LogP) is 3.33. The van der Waals surface area contributed by atoms with E-state index < -0.39 is 11.9 Å². The van der Waals surface area contributed by atoms with E-state index in [1.807, 2.05) is 0 Å². The highest BCUT2D eigenvalue weighted by atomic mass is 32.1. The summed E-state index contributed by atoms with van der Waals surface area (Å²) >= 11 is 1.45. The first-order chi connectivity index (χ1) is 12.0. The van der Waals surface area contributed by atoms with Crippen LogP contribution in [0.5, 0.6) is 0 Å². The Morgan fingerprint density at radius 2 is 2.00 bits per heavy atom. The molecule has 0 saturated carbocycles. The van der Waals surface area contributed by atoms with Crippen LogP contribution in [0.15, 0.2) is 0 Å². The molecule has 1 atom stereocenters. The molecule has 2 rings (SSSR count). The number of ether oxygens (including phenoxy) is 2. The van der Waals surface area contributed by atoms with Crippen LogP contribution < -0.4 is 5.32 Å². The molecule has 0 unspecified atom stereocenters. The van der Waals surface area contributed by atoms with Gasteiger partial charge in [0.05, 0.1) is 25.7 Å². The summed E-state index contributed by atoms with van der Waals surface area (Å²) < 4.78 is 9.73. The molecule has 1 aromatic heterocycles. The van der Waals surface area contributed by atoms with E-state index >= 15 is 0 Å². The van der Waals surface area contributed by atoms with Crippen LogP contribution in [-0.4, -0.2) is 31.6 Å². The molecular weight excluding hydrogens is 342 g/mol. The van der Waals surface area contributed by atoms with Crippen molar-refractivity contribution in [1.82, 2.24) is 0 Å². The lowest BCUT2D eigenvalue weighted by atomic mass is 9.85. The lowest BCUT2D eigenvalue weighted by Gasteiger charge is -2.20. The van der Waals surface area contributed by atoms with Crippen LogP contribution in [0.3, 0.4) is 0 Å². The van der Waals surface area contributed by atoms with E-state index in [0.29, 0.717) is 16.5 Å². The molecule has 1 heterocycles. The molecule has 1 N–H and O–H groups in total. The quantitative estimate of drug-likeness (QED) is 0.748. The van der Waals surface area contributed by atoms with E-state index in [-0.39, 0.29) is 25.4 Å². The standard InChI is InChI=1S/C18H25NO5S/c1-4-11-6-7-12-13(10-11)25-17(16(12)18(22)24-5-2)19-14(20)8-9-15(21)23-3/h11H,4-10H2,1-3H3,(H,19,20)/t11-/m0/s1. The number of anilines is 1. The smallest absolute Gasteiger partial charge is 0.341 e. The van der Waals surface area contributed by atoms with Crippen LogP contribution >= 0.6 is 11.3 Å². The minimum atomic E-state index is -0.433. The molecule has 6 nitrogen and oxygen atoms in total. The highest BCUT2D eigenvalue weighted by Gasteiger charge is 2.29. The van der Waals surface area contributed by atoms with Crippen LogP contribution in [-0.2, 0) is 31.9 Å². The van der Waals surface area contributed by atoms with Gasteiger partial charge in [-0.2, -0.15) is 0 Å². The summed E-state index contributed by atoms with van der Waals surface area (Å²) in [5.74, 6) is -0.513. The Morgan fingerprint density at radius 1 is 1.24 bits per heavy atom. The van der Waals surface area contributed by atoms with Crippen molar-refractivity contribution in [3.05, 3.63) is 16.0 Å². The molecule has 0 aromatic carbocycles. The highest BCUT2D eigenvalue weighted by molar-refractivity contribution is 7.17. The molecule has 0 saturated heterocycles. The van der Waals surface area contributed by atoms with E-state index in [4.69, 9.17) is 4.74 Å². The van der Waals surface area contributed by atoms with Gasteiger partial charge >= 0.3 is 11.9 Å². The maximum Gasteiger partial charge on any atom is 0.341 e. The number of thiophene rings is 1. The van der Waals surface area contributed by atoms with Crippen LogP contribution in [0.25, 0.3) is 0 Å². The molecule has 7 heteroatoms. The van der Waals surface area contributed by atoms with Gasteiger partial charge in [-0.05, 0) is 37.7 Å². The zero-order chi connectivity index (χ0) is 18.4. The van der Waals surface area contributed by atoms with E-state index in [1.165, 1.54) is 18.4 Å². The number of carbonyl (C=O) groups excluding carboxylic acids is 3. The monoisotopic (exact) mass is 367 g/mol. The molecule has 138 valence electrons. The molecule has 0 aliphatic heterocycles. The number of amides is 1. The number of rotatable bonds is 7. The van der Waals surface area contributed by atoms with Gasteiger partial charge in [-0.1, -0.05) is 13.3 Å². The molecule has 1 aromatic rings. The minimum Gasteiger partial charge on any atom is -0.469 e. The second kappa shape index (κ2) is 8.99. The molecule has 0 bridgehead atoms. The zero-order valence-electron chi connectivity index (χ0n) is 15.0. The van der Waals surface area contributed by atoms with E-state index in [9.17, 15) is 14.4 Å². The van der Waals surface area contributed by atoms with Gasteiger partial charge in [0.2, 0.25) is 5.91 Å². The Kier molecular flexibility index (Phi) is 6.99. The molecule has 0 radical (unpaired) electrons. The van der Waals surface area contributed by atoms with Gasteiger partial charge in [0.15, 0.2) is 0 Å². The van der Waals surface area contributed by atoms with Gasteiger partial charge in [-0.3, -0.25) is 9.59 Å². The van der Waals surface area contributed by atoms with Gasteiger partial charge in [0, 0.05) is 11.3 Å². The molecule has 1 aliphatic rings. The number of fused-ring (bicyclic) bond motifs is 1. The second-order valence-corrected chi connectivity index (χ2v) is 7.17. The average Bonchev–Trinajstić information content (AvgIpc) is 2.96. The van der Waals surface area contributed by atoms with Crippen molar-refractivity contribution in [3.63, 3.8) is 0 Å². The summed E-state index contributed by atoms with van der Waals surface area (Å²) in [5.41, 5.74) is 1.50. The maximum atomic E-state index is 12.4. The number of nitrogens with one attached hydrogen (secondary N) is 1. The summed E-state index contributed by atoms with van der Waals surface area (Å²) in [6.45, 7) is 4.22. The fourth-order valence-electron chi connectivity index (χ4n) is 3.02. The number of hydrogen-bond acceptors (Lipinski definition) is 6. The first kappa shape index (κ1) is 19.4. The van der Waals surface area contributed by atoms with Crippen molar-refractivity contribution in [2.75, 3.05) is 19.0 Å². The number of esters is 2. The maximum absolute atomic E-state index is 12.4. The van der Waals surface area contributed by atoms with Crippen LogP contribution in [0.2, 0.25) is 0 Å². The van der Waals surface area contributed by atoms with Crippen molar-refractivity contribution in [3.8, 4) is 0 Å². The highest BCUT2D eigenvalue weighted by Crippen LogP contribution is 2.40. The van der Waals surface area contributed by atoms with Gasteiger partial charge in [-0.25, -0.2) is 4.79 Å². The molecule has 1 aliphatic carbocycles. The molecule has 0 spiro atoms. The van der Waals surface area contributed by atoms with Crippen molar-refractivity contribution < 1.29 is 23.9 Å². The summed E-state index contributed by atoms with van der Waals surface area (Å²) in [5, 5.41) is 3.33. The summed E-state index contributed by atoms with van der Waals surface area (Å²) in [4.78, 5) is 36.9. The number of carbonyl (C=O) groups is 3. The van der Waals surface area contributed by atoms with Crippen molar-refractivity contribution in [2.45, 2.75) is 52.4 Å². The Hall–Kier alpha value is -1.89. The topological polar surface area (TPSA) is 81.7 Å². The van der Waals surface area contributed by atoms with Crippen molar-refractivity contribution >= 4 is 34.2 Å². The average molecular weight is 367 g/mol. The molecular formula is C18H25NO5S. The van der Waals surface area contributed by atoms with Crippen molar-refractivity contribution in [2.24, 2.45) is 5.92 Å². The first-order valence-electron chi connectivity index (χ1n) is 8.68. The lowest BCUT2D eigenvalue weighted by Crippen LogP contribution is -2.17. The Bertz CT molecular complexity index is 652. The Morgan fingerprint density at radius 3 is 2.64 bits per heavy atom. The summed E-state index contributed by atoms with van der Waals surface area (Å²) in [6, 6.07) is 0. The SMILES string of the molecule is CCOC(=O)c1c(NC(=O)CCC(=O)OC)sc2c1CC[C@H](CC)C2. The van der Waals surface area contributed by atoms with Crippen LogP contribution in [0, 0.1) is 5.92 Å². The van der Waals surface area contributed by atoms with Gasteiger partial charge in [-0.15, -0.1) is 11.3 Å². The number of methoxy groups -OCH3 is 1. The summed E-state index contributed by atoms with van der Waals surface area (Å²) in [6.07, 6.45) is 3.95. The third-order valence-corrected chi connectivity index (χ3v) is 5.63. The number of hydrogen-bond donors (Lipinski definition) is 1. The van der Waals surface area contributed by atoms with E-state index in [2.05, 4.69) is 17.0 Å². The van der Waals surface area contributed by atoms with E-state index in [1.54, 1.807) is 6.92 Å². The lowest BCUT2D eigenvalue weighted by molar-refractivity contribution is -0.141. The zero-order valence-corrected chi connectivity index (χ0v) is 15.8. The Balaban J connectivity index is 2.21. The molecule has 25 heavy (non-hydrogen) atoms. The van der Waals surface area contributed by atoms with E-state index in [0.717, 1.165) is 36.1 Å². The fourth-order valence-corrected chi connectivity index (χ4v) is 4.38. The van der Waals surface area contributed by atoms with Crippen molar-refractivity contribution in [1.29, 1.82) is 0 Å². The van der Waals surface area contributed by atoms with Crippen LogP contribution in [0.4, 0.5) is 5.00 Å². The van der Waals surface area contributed by atoms with Gasteiger partial charge in [0.25, 0.3) is 0 Å². The second-order valence-electron chi connectivity index (χ2n) is 6.07. The summed E-state index contributed by atoms with van der Waals surface area (Å²) in [7, 11) is 1.29. The predicted molar refractivity (Wildman–Crippen MR) is 96.0 cm³/mol. The van der Waals surface area contributed by atoms with Gasteiger partial charge in [0.1, 0.15) is 5.00 Å². The third-order valence-electron chi connectivity index (χ3n) is 4.46.